The lowest BCUT2D eigenvalue weighted by atomic mass is 10.1. The van der Waals surface area contributed by atoms with Crippen LogP contribution in [0.4, 0.5) is 5.82 Å². The maximum Gasteiger partial charge on any atom is 0.165 e. The fraction of sp³-hybridized carbons (Fsp3) is 0.400. The summed E-state index contributed by atoms with van der Waals surface area (Å²) in [4.78, 5) is 9.48. The van der Waals surface area contributed by atoms with Crippen LogP contribution in [0.2, 0.25) is 0 Å². The zero-order valence-corrected chi connectivity index (χ0v) is 15.9. The number of nitrogens with one attached hydrogen (secondary N) is 1. The van der Waals surface area contributed by atoms with E-state index in [4.69, 9.17) is 9.72 Å². The van der Waals surface area contributed by atoms with Gasteiger partial charge in [0.1, 0.15) is 18.2 Å². The van der Waals surface area contributed by atoms with Crippen LogP contribution >= 0.6 is 0 Å². The number of nitrogens with zero attached hydrogens (tertiary/aromatic N) is 5. The molecule has 0 saturated heterocycles. The van der Waals surface area contributed by atoms with Gasteiger partial charge in [-0.2, -0.15) is 5.10 Å². The highest BCUT2D eigenvalue weighted by atomic mass is 16.5. The molecule has 1 N–H and O–H groups in total. The second kappa shape index (κ2) is 7.94. The van der Waals surface area contributed by atoms with Gasteiger partial charge in [0.25, 0.3) is 0 Å². The van der Waals surface area contributed by atoms with Crippen molar-refractivity contribution in [3.8, 4) is 16.9 Å². The topological polar surface area (TPSA) is 57.9 Å². The molecule has 1 aliphatic heterocycles. The number of likely N-dealkylation sites (N-methyl/N-ethyl adjacent to an activating group) is 1. The third-order valence-electron chi connectivity index (χ3n) is 4.75. The molecule has 142 valence electrons. The Morgan fingerprint density at radius 1 is 1.22 bits per heavy atom. The Hall–Kier alpha value is -2.64. The zero-order valence-electron chi connectivity index (χ0n) is 15.9. The molecule has 0 unspecified atom stereocenters. The summed E-state index contributed by atoms with van der Waals surface area (Å²) in [5.41, 5.74) is 2.95. The van der Waals surface area contributed by atoms with Gasteiger partial charge in [0, 0.05) is 44.5 Å². The number of fused-ring (bicyclic) bond motifs is 4. The van der Waals surface area contributed by atoms with Gasteiger partial charge in [-0.1, -0.05) is 12.1 Å². The molecule has 0 radical (unpaired) electrons. The maximum absolute atomic E-state index is 5.89. The van der Waals surface area contributed by atoms with Gasteiger partial charge in [-0.25, -0.2) is 9.50 Å². The van der Waals surface area contributed by atoms with Crippen LogP contribution < -0.4 is 15.0 Å². The van der Waals surface area contributed by atoms with E-state index in [1.54, 1.807) is 0 Å². The Kier molecular flexibility index (Phi) is 5.22. The van der Waals surface area contributed by atoms with Crippen LogP contribution in [0.5, 0.6) is 5.75 Å². The molecule has 2 aromatic heterocycles. The molecule has 0 fully saturated rings. The maximum atomic E-state index is 5.89. The molecule has 27 heavy (non-hydrogen) atoms. The largest absolute Gasteiger partial charge is 0.492 e. The van der Waals surface area contributed by atoms with Crippen LogP contribution in [0.3, 0.4) is 0 Å². The standard InChI is InChI=1S/C20H26N6O/c1-24(2)11-12-25-10-7-21-8-13-27-17-5-3-4-16(14-17)18-15-22-26-9-6-19(25)23-20(18)26/h3-6,9,14-15,21H,7-8,10-13H2,1-2H3. The predicted molar refractivity (Wildman–Crippen MR) is 108 cm³/mol. The van der Waals surface area contributed by atoms with Crippen molar-refractivity contribution in [3.63, 3.8) is 0 Å². The van der Waals surface area contributed by atoms with E-state index < -0.39 is 0 Å². The molecular weight excluding hydrogens is 340 g/mol. The quantitative estimate of drug-likeness (QED) is 0.762. The van der Waals surface area contributed by atoms with Crippen molar-refractivity contribution in [2.24, 2.45) is 0 Å². The van der Waals surface area contributed by atoms with Gasteiger partial charge in [-0.05, 0) is 37.9 Å². The third-order valence-corrected chi connectivity index (χ3v) is 4.75. The average molecular weight is 366 g/mol. The summed E-state index contributed by atoms with van der Waals surface area (Å²) in [6, 6.07) is 10.2. The van der Waals surface area contributed by atoms with Gasteiger partial charge in [-0.3, -0.25) is 0 Å². The SMILES string of the molecule is CN(C)CCN1CCNCCOc2cccc(c2)-c2cnn3ccc1nc23. The molecule has 0 atom stereocenters. The number of ether oxygens (including phenoxy) is 1. The average Bonchev–Trinajstić information content (AvgIpc) is 3.09. The van der Waals surface area contributed by atoms with E-state index in [1.165, 1.54) is 0 Å². The molecule has 3 heterocycles. The molecule has 0 saturated carbocycles. The molecule has 4 rings (SSSR count). The lowest BCUT2D eigenvalue weighted by molar-refractivity contribution is 0.314. The van der Waals surface area contributed by atoms with Gasteiger partial charge >= 0.3 is 0 Å². The number of hydrogen-bond donors (Lipinski definition) is 1. The van der Waals surface area contributed by atoms with Gasteiger partial charge in [0.2, 0.25) is 0 Å². The van der Waals surface area contributed by atoms with Crippen molar-refractivity contribution in [1.29, 1.82) is 0 Å². The smallest absolute Gasteiger partial charge is 0.165 e. The number of anilines is 1. The van der Waals surface area contributed by atoms with Crippen LogP contribution in [0.25, 0.3) is 16.8 Å². The Balaban J connectivity index is 1.76. The van der Waals surface area contributed by atoms with Gasteiger partial charge in [0.15, 0.2) is 5.65 Å². The fourth-order valence-electron chi connectivity index (χ4n) is 3.23. The van der Waals surface area contributed by atoms with Crippen LogP contribution in [0.1, 0.15) is 0 Å². The summed E-state index contributed by atoms with van der Waals surface area (Å²) in [6.45, 7) is 5.14. The van der Waals surface area contributed by atoms with Crippen molar-refractivity contribution in [3.05, 3.63) is 42.7 Å². The Morgan fingerprint density at radius 2 is 2.15 bits per heavy atom. The molecule has 0 spiro atoms. The highest BCUT2D eigenvalue weighted by Gasteiger charge is 2.14. The zero-order chi connectivity index (χ0) is 18.6. The number of aromatic nitrogens is 3. The lowest BCUT2D eigenvalue weighted by Gasteiger charge is -2.26. The molecule has 0 aliphatic carbocycles. The number of rotatable bonds is 3. The van der Waals surface area contributed by atoms with Crippen LogP contribution in [-0.2, 0) is 0 Å². The first-order chi connectivity index (χ1) is 13.2. The van der Waals surface area contributed by atoms with Gasteiger partial charge < -0.3 is 19.9 Å². The van der Waals surface area contributed by atoms with Crippen molar-refractivity contribution < 1.29 is 4.74 Å². The minimum absolute atomic E-state index is 0.647. The molecule has 1 aromatic carbocycles. The monoisotopic (exact) mass is 366 g/mol. The Labute approximate surface area is 159 Å². The highest BCUT2D eigenvalue weighted by molar-refractivity contribution is 5.78. The summed E-state index contributed by atoms with van der Waals surface area (Å²) >= 11 is 0. The van der Waals surface area contributed by atoms with E-state index in [1.807, 2.05) is 35.1 Å². The second-order valence-electron chi connectivity index (χ2n) is 7.03. The molecular formula is C20H26N6O. The molecule has 7 heteroatoms. The summed E-state index contributed by atoms with van der Waals surface area (Å²) in [5, 5.41) is 7.94. The van der Waals surface area contributed by atoms with E-state index in [2.05, 4.69) is 46.4 Å². The van der Waals surface area contributed by atoms with Gasteiger partial charge in [-0.15, -0.1) is 0 Å². The van der Waals surface area contributed by atoms with Gasteiger partial charge in [0.05, 0.1) is 6.20 Å². The summed E-state index contributed by atoms with van der Waals surface area (Å²) in [7, 11) is 4.19. The molecule has 1 aliphatic rings. The highest BCUT2D eigenvalue weighted by Crippen LogP contribution is 2.28. The van der Waals surface area contributed by atoms with Crippen molar-refractivity contribution in [2.45, 2.75) is 0 Å². The summed E-state index contributed by atoms with van der Waals surface area (Å²) < 4.78 is 7.73. The number of benzene rings is 1. The summed E-state index contributed by atoms with van der Waals surface area (Å²) in [6.07, 6.45) is 3.87. The van der Waals surface area contributed by atoms with Crippen molar-refractivity contribution in [2.75, 3.05) is 58.3 Å². The molecule has 4 bridgehead atoms. The molecule has 3 aromatic rings. The first-order valence-electron chi connectivity index (χ1n) is 9.39. The third kappa shape index (κ3) is 4.04. The van der Waals surface area contributed by atoms with Crippen molar-refractivity contribution in [1.82, 2.24) is 24.8 Å². The number of hydrogen-bond acceptors (Lipinski definition) is 6. The predicted octanol–water partition coefficient (Wildman–Crippen LogP) is 1.75. The first-order valence-corrected chi connectivity index (χ1v) is 9.39. The Morgan fingerprint density at radius 3 is 3.04 bits per heavy atom. The minimum Gasteiger partial charge on any atom is -0.492 e. The second-order valence-corrected chi connectivity index (χ2v) is 7.03. The van der Waals surface area contributed by atoms with E-state index in [-0.39, 0.29) is 0 Å². The molecule has 7 nitrogen and oxygen atoms in total. The summed E-state index contributed by atoms with van der Waals surface area (Å²) in [5.74, 6) is 1.85. The minimum atomic E-state index is 0.647. The van der Waals surface area contributed by atoms with E-state index in [0.29, 0.717) is 6.61 Å². The van der Waals surface area contributed by atoms with Crippen molar-refractivity contribution >= 4 is 11.5 Å². The van der Waals surface area contributed by atoms with Crippen LogP contribution in [-0.4, -0.2) is 72.9 Å². The Bertz CT molecular complexity index is 906. The van der Waals surface area contributed by atoms with E-state index >= 15 is 0 Å². The van der Waals surface area contributed by atoms with Crippen LogP contribution in [0, 0.1) is 0 Å². The van der Waals surface area contributed by atoms with Crippen LogP contribution in [0.15, 0.2) is 42.7 Å². The van der Waals surface area contributed by atoms with E-state index in [9.17, 15) is 0 Å². The molecule has 0 amide bonds. The fourth-order valence-corrected chi connectivity index (χ4v) is 3.23. The lowest BCUT2D eigenvalue weighted by Crippen LogP contribution is -2.38. The normalized spacial score (nSPS) is 15.1. The van der Waals surface area contributed by atoms with E-state index in [0.717, 1.165) is 61.1 Å². The first kappa shape index (κ1) is 17.8.